The van der Waals surface area contributed by atoms with Crippen molar-refractivity contribution in [2.24, 2.45) is 27.9 Å². The normalized spacial score (nSPS) is 14.1. The van der Waals surface area contributed by atoms with Gasteiger partial charge in [0.2, 0.25) is 23.6 Å². The second-order valence-electron chi connectivity index (χ2n) is 7.21. The number of nitrogens with two attached hydrogens (primary N) is 4. The van der Waals surface area contributed by atoms with Crippen LogP contribution in [0.3, 0.4) is 0 Å². The molecule has 0 saturated carbocycles. The smallest absolute Gasteiger partial charge is 0.327 e. The Kier molecular flexibility index (Phi) is 15.5. The number of carbonyl (C=O) groups excluding carboxylic acids is 4. The number of carboxylic acids is 1. The predicted octanol–water partition coefficient (Wildman–Crippen LogP) is -3.54. The number of nitrogens with zero attached hydrogens (tertiary/aromatic N) is 1. The first-order valence-electron chi connectivity index (χ1n) is 10.3. The molecule has 0 bridgehead atoms. The van der Waals surface area contributed by atoms with Crippen molar-refractivity contribution in [3.63, 3.8) is 0 Å². The molecule has 12 N–H and O–H groups in total. The molecule has 0 heterocycles. The van der Waals surface area contributed by atoms with Crippen molar-refractivity contribution in [3.05, 3.63) is 0 Å². The van der Waals surface area contributed by atoms with Crippen molar-refractivity contribution < 1.29 is 29.1 Å². The van der Waals surface area contributed by atoms with Gasteiger partial charge in [-0.3, -0.25) is 24.2 Å². The average Bonchev–Trinajstić information content (AvgIpc) is 2.75. The highest BCUT2D eigenvalue weighted by Crippen LogP contribution is 2.05. The van der Waals surface area contributed by atoms with Crippen molar-refractivity contribution in [2.45, 2.75) is 49.9 Å². The van der Waals surface area contributed by atoms with Crippen LogP contribution in [-0.2, 0) is 24.0 Å². The summed E-state index contributed by atoms with van der Waals surface area (Å²) in [4.78, 5) is 64.2. The van der Waals surface area contributed by atoms with Crippen molar-refractivity contribution >= 4 is 59.9 Å². The number of carboxylic acid groups (broad SMARTS) is 1. The van der Waals surface area contributed by atoms with E-state index in [1.54, 1.807) is 6.26 Å². The number of primary amides is 1. The minimum absolute atomic E-state index is 0.0969. The molecule has 0 aromatic rings. The molecule has 0 aliphatic carbocycles. The van der Waals surface area contributed by atoms with Crippen LogP contribution in [0.25, 0.3) is 0 Å². The van der Waals surface area contributed by atoms with Gasteiger partial charge in [0.15, 0.2) is 5.96 Å². The molecule has 4 amide bonds. The van der Waals surface area contributed by atoms with E-state index < -0.39 is 60.2 Å². The Morgan fingerprint density at radius 3 is 2.00 bits per heavy atom. The predicted molar refractivity (Wildman–Crippen MR) is 132 cm³/mol. The minimum Gasteiger partial charge on any atom is -0.480 e. The lowest BCUT2D eigenvalue weighted by Crippen LogP contribution is -2.58. The van der Waals surface area contributed by atoms with Crippen LogP contribution in [0, 0.1) is 0 Å². The quantitative estimate of drug-likeness (QED) is 0.0393. The molecule has 0 radical (unpaired) electrons. The number of thiol groups is 1. The zero-order valence-electron chi connectivity index (χ0n) is 18.9. The lowest BCUT2D eigenvalue weighted by Gasteiger charge is -2.24. The first-order chi connectivity index (χ1) is 15.9. The standard InChI is InChI=1S/C18H34N8O6S2/c1-34-6-4-10(15(29)26-12(8-33)17(31)32)24-16(30)11(7-13(20)27)25-14(28)9(19)3-2-5-23-18(21)22/h9-12,33H,2-8,19H2,1H3,(H2,20,27)(H,24,30)(H,25,28)(H,26,29)(H,31,32)(H4,21,22,23). The molecule has 0 fully saturated rings. The molecule has 4 atom stereocenters. The molecule has 4 unspecified atom stereocenters. The van der Waals surface area contributed by atoms with E-state index in [4.69, 9.17) is 28.0 Å². The highest BCUT2D eigenvalue weighted by atomic mass is 32.2. The molecule has 0 spiro atoms. The van der Waals surface area contributed by atoms with Crippen LogP contribution in [-0.4, -0.2) is 89.1 Å². The van der Waals surface area contributed by atoms with Gasteiger partial charge in [0.05, 0.1) is 12.5 Å². The fraction of sp³-hybridized carbons (Fsp3) is 0.667. The Bertz CT molecular complexity index is 750. The minimum atomic E-state index is -1.39. The summed E-state index contributed by atoms with van der Waals surface area (Å²) in [5, 5.41) is 16.2. The zero-order chi connectivity index (χ0) is 26.3. The summed E-state index contributed by atoms with van der Waals surface area (Å²) in [5.74, 6) is -4.25. The Morgan fingerprint density at radius 2 is 1.50 bits per heavy atom. The molecule has 0 aliphatic rings. The van der Waals surface area contributed by atoms with Crippen molar-refractivity contribution in [1.82, 2.24) is 16.0 Å². The SMILES string of the molecule is CSCCC(NC(=O)C(CC(N)=O)NC(=O)C(N)CCCN=C(N)N)C(=O)NC(CS)C(=O)O. The van der Waals surface area contributed by atoms with E-state index in [1.807, 2.05) is 0 Å². The van der Waals surface area contributed by atoms with Crippen LogP contribution in [0.2, 0.25) is 0 Å². The molecule has 0 rings (SSSR count). The molecule has 16 heteroatoms. The van der Waals surface area contributed by atoms with Gasteiger partial charge in [-0.2, -0.15) is 24.4 Å². The largest absolute Gasteiger partial charge is 0.480 e. The summed E-state index contributed by atoms with van der Waals surface area (Å²) >= 11 is 5.29. The molecule has 34 heavy (non-hydrogen) atoms. The summed E-state index contributed by atoms with van der Waals surface area (Å²) in [6.07, 6.45) is 2.01. The van der Waals surface area contributed by atoms with Gasteiger partial charge in [0.1, 0.15) is 18.1 Å². The number of thioether (sulfide) groups is 1. The Labute approximate surface area is 207 Å². The summed E-state index contributed by atoms with van der Waals surface area (Å²) < 4.78 is 0. The second-order valence-corrected chi connectivity index (χ2v) is 8.56. The number of nitrogens with one attached hydrogen (secondary N) is 3. The van der Waals surface area contributed by atoms with Crippen LogP contribution in [0.4, 0.5) is 0 Å². The maximum absolute atomic E-state index is 12.8. The van der Waals surface area contributed by atoms with Crippen LogP contribution >= 0.6 is 24.4 Å². The maximum atomic E-state index is 12.8. The number of amides is 4. The molecule has 0 aromatic heterocycles. The number of rotatable bonds is 17. The first kappa shape index (κ1) is 31.3. The lowest BCUT2D eigenvalue weighted by molar-refractivity contribution is -0.141. The van der Waals surface area contributed by atoms with Crippen LogP contribution in [0.15, 0.2) is 4.99 Å². The van der Waals surface area contributed by atoms with Gasteiger partial charge < -0.3 is 44.0 Å². The number of aliphatic carboxylic acids is 1. The van der Waals surface area contributed by atoms with Gasteiger partial charge in [-0.05, 0) is 31.3 Å². The Morgan fingerprint density at radius 1 is 0.941 bits per heavy atom. The number of hydrogen-bond donors (Lipinski definition) is 9. The third kappa shape index (κ3) is 13.1. The van der Waals surface area contributed by atoms with E-state index >= 15 is 0 Å². The Balaban J connectivity index is 5.29. The topological polar surface area (TPSA) is 258 Å². The van der Waals surface area contributed by atoms with Gasteiger partial charge in [-0.25, -0.2) is 4.79 Å². The third-order valence-corrected chi connectivity index (χ3v) is 5.39. The van der Waals surface area contributed by atoms with Crippen molar-refractivity contribution in [1.29, 1.82) is 0 Å². The molecule has 0 saturated heterocycles. The average molecular weight is 523 g/mol. The lowest BCUT2D eigenvalue weighted by atomic mass is 10.1. The Hall–Kier alpha value is -2.72. The van der Waals surface area contributed by atoms with E-state index in [1.165, 1.54) is 11.8 Å². The van der Waals surface area contributed by atoms with E-state index in [9.17, 15) is 24.0 Å². The van der Waals surface area contributed by atoms with Gasteiger partial charge in [0.25, 0.3) is 0 Å². The molecular formula is C18H34N8O6S2. The number of guanidine groups is 1. The summed E-state index contributed by atoms with van der Waals surface area (Å²) in [5.41, 5.74) is 21.5. The van der Waals surface area contributed by atoms with Crippen LogP contribution < -0.4 is 38.9 Å². The van der Waals surface area contributed by atoms with E-state index in [-0.39, 0.29) is 31.1 Å². The fourth-order valence-corrected chi connectivity index (χ4v) is 3.29. The van der Waals surface area contributed by atoms with Crippen LogP contribution in [0.5, 0.6) is 0 Å². The number of aliphatic imine (C=N–C) groups is 1. The van der Waals surface area contributed by atoms with E-state index in [0.717, 1.165) is 0 Å². The zero-order valence-corrected chi connectivity index (χ0v) is 20.6. The fourth-order valence-electron chi connectivity index (χ4n) is 2.57. The van der Waals surface area contributed by atoms with E-state index in [2.05, 4.69) is 33.6 Å². The molecule has 194 valence electrons. The van der Waals surface area contributed by atoms with Gasteiger partial charge in [0, 0.05) is 12.3 Å². The van der Waals surface area contributed by atoms with Crippen molar-refractivity contribution in [2.75, 3.05) is 24.3 Å². The molecule has 0 aromatic carbocycles. The number of carbonyl (C=O) groups is 5. The van der Waals surface area contributed by atoms with Crippen LogP contribution in [0.1, 0.15) is 25.7 Å². The van der Waals surface area contributed by atoms with Gasteiger partial charge in [-0.15, -0.1) is 0 Å². The number of hydrogen-bond acceptors (Lipinski definition) is 9. The van der Waals surface area contributed by atoms with Gasteiger partial charge >= 0.3 is 5.97 Å². The molecule has 14 nitrogen and oxygen atoms in total. The molecular weight excluding hydrogens is 488 g/mol. The monoisotopic (exact) mass is 522 g/mol. The molecule has 0 aliphatic heterocycles. The summed E-state index contributed by atoms with van der Waals surface area (Å²) in [6.45, 7) is 0.254. The summed E-state index contributed by atoms with van der Waals surface area (Å²) in [6, 6.07) is -4.79. The summed E-state index contributed by atoms with van der Waals surface area (Å²) in [7, 11) is 0. The maximum Gasteiger partial charge on any atom is 0.327 e. The highest BCUT2D eigenvalue weighted by molar-refractivity contribution is 7.98. The van der Waals surface area contributed by atoms with E-state index in [0.29, 0.717) is 12.2 Å². The first-order valence-corrected chi connectivity index (χ1v) is 12.3. The highest BCUT2D eigenvalue weighted by Gasteiger charge is 2.30. The van der Waals surface area contributed by atoms with Gasteiger partial charge in [-0.1, -0.05) is 0 Å². The second kappa shape index (κ2) is 16.8. The third-order valence-electron chi connectivity index (χ3n) is 4.38. The van der Waals surface area contributed by atoms with Crippen molar-refractivity contribution in [3.8, 4) is 0 Å².